The molecule has 0 atom stereocenters. The van der Waals surface area contributed by atoms with Gasteiger partial charge in [0.05, 0.1) is 6.61 Å². The Kier molecular flexibility index (Phi) is 4.52. The van der Waals surface area contributed by atoms with E-state index in [1.165, 1.54) is 38.5 Å². The maximum atomic E-state index is 8.19. The molecule has 0 aromatic heterocycles. The third-order valence-corrected chi connectivity index (χ3v) is 5.68. The molecular weight excluding hydrogens is 250 g/mol. The van der Waals surface area contributed by atoms with Gasteiger partial charge in [0.25, 0.3) is 0 Å². The Balaban J connectivity index is 1.33. The minimum atomic E-state index is 0.555. The van der Waals surface area contributed by atoms with E-state index in [-0.39, 0.29) is 0 Å². The summed E-state index contributed by atoms with van der Waals surface area (Å²) in [6, 6.07) is 0. The lowest BCUT2D eigenvalue weighted by atomic mass is 9.50. The molecule has 4 aliphatic carbocycles. The third kappa shape index (κ3) is 3.29. The normalized spacial score (nSPS) is 37.9. The summed E-state index contributed by atoms with van der Waals surface area (Å²) < 4.78 is 6.02. The van der Waals surface area contributed by atoms with Gasteiger partial charge in [0.2, 0.25) is 0 Å². The molecule has 4 fully saturated rings. The molecule has 0 unspecified atom stereocenters. The molecule has 0 aromatic carbocycles. The molecule has 4 bridgehead atoms. The number of rotatable bonds is 8. The van der Waals surface area contributed by atoms with Gasteiger partial charge in [-0.1, -0.05) is 11.5 Å². The average Bonchev–Trinajstić information content (AvgIpc) is 2.40. The summed E-state index contributed by atoms with van der Waals surface area (Å²) in [6.45, 7) is 2.52. The molecule has 0 heterocycles. The van der Waals surface area contributed by atoms with Crippen LogP contribution in [-0.4, -0.2) is 19.8 Å². The van der Waals surface area contributed by atoms with Gasteiger partial charge in [-0.3, -0.25) is 0 Å². The van der Waals surface area contributed by atoms with Gasteiger partial charge >= 0.3 is 0 Å². The van der Waals surface area contributed by atoms with E-state index in [1.807, 2.05) is 0 Å². The number of azide groups is 1. The quantitative estimate of drug-likeness (QED) is 0.274. The van der Waals surface area contributed by atoms with Crippen molar-refractivity contribution in [3.63, 3.8) is 0 Å². The van der Waals surface area contributed by atoms with Gasteiger partial charge in [-0.15, -0.1) is 0 Å². The summed E-state index contributed by atoms with van der Waals surface area (Å²) >= 11 is 0. The topological polar surface area (TPSA) is 58.0 Å². The summed E-state index contributed by atoms with van der Waals surface area (Å²) in [7, 11) is 0. The number of hydrogen-bond acceptors (Lipinski definition) is 2. The SMILES string of the molecule is [N-]=[N+]=NCCCCCOCC12CC3CC(CC(C3)C1)C2. The Morgan fingerprint density at radius 3 is 2.25 bits per heavy atom. The Morgan fingerprint density at radius 2 is 1.65 bits per heavy atom. The van der Waals surface area contributed by atoms with Crippen molar-refractivity contribution in [2.45, 2.75) is 57.8 Å². The van der Waals surface area contributed by atoms with Crippen molar-refractivity contribution >= 4 is 0 Å². The Hall–Kier alpha value is -0.730. The molecular formula is C16H27N3O. The van der Waals surface area contributed by atoms with Crippen molar-refractivity contribution in [2.24, 2.45) is 28.3 Å². The maximum Gasteiger partial charge on any atom is 0.0522 e. The molecule has 4 heteroatoms. The van der Waals surface area contributed by atoms with E-state index in [4.69, 9.17) is 10.3 Å². The number of hydrogen-bond donors (Lipinski definition) is 0. The molecule has 0 amide bonds. The first-order valence-corrected chi connectivity index (χ1v) is 8.38. The lowest BCUT2D eigenvalue weighted by Crippen LogP contribution is -2.48. The van der Waals surface area contributed by atoms with Crippen molar-refractivity contribution in [3.8, 4) is 0 Å². The zero-order chi connectivity index (χ0) is 13.8. The average molecular weight is 277 g/mol. The van der Waals surface area contributed by atoms with Crippen LogP contribution in [0, 0.1) is 23.2 Å². The molecule has 0 aliphatic heterocycles. The monoisotopic (exact) mass is 277 g/mol. The summed E-state index contributed by atoms with van der Waals surface area (Å²) in [6.07, 6.45) is 12.1. The predicted molar refractivity (Wildman–Crippen MR) is 79.3 cm³/mol. The van der Waals surface area contributed by atoms with E-state index < -0.39 is 0 Å². The molecule has 0 N–H and O–H groups in total. The fourth-order valence-electron chi connectivity index (χ4n) is 5.36. The van der Waals surface area contributed by atoms with E-state index >= 15 is 0 Å². The van der Waals surface area contributed by atoms with Gasteiger partial charge in [0.1, 0.15) is 0 Å². The van der Waals surface area contributed by atoms with Gasteiger partial charge in [0.15, 0.2) is 0 Å². The second-order valence-electron chi connectivity index (χ2n) is 7.49. The van der Waals surface area contributed by atoms with Crippen molar-refractivity contribution in [2.75, 3.05) is 19.8 Å². The van der Waals surface area contributed by atoms with Gasteiger partial charge in [-0.25, -0.2) is 0 Å². The summed E-state index contributed by atoms with van der Waals surface area (Å²) in [5, 5.41) is 3.56. The molecule has 112 valence electrons. The molecule has 0 spiro atoms. The van der Waals surface area contributed by atoms with Crippen LogP contribution >= 0.6 is 0 Å². The van der Waals surface area contributed by atoms with Crippen LogP contribution in [0.15, 0.2) is 5.11 Å². The van der Waals surface area contributed by atoms with Gasteiger partial charge in [-0.2, -0.15) is 0 Å². The highest BCUT2D eigenvalue weighted by Gasteiger charge is 2.50. The first kappa shape index (κ1) is 14.2. The van der Waals surface area contributed by atoms with Crippen molar-refractivity contribution < 1.29 is 4.74 Å². The number of ether oxygens (including phenoxy) is 1. The summed E-state index contributed by atoms with van der Waals surface area (Å²) in [5.74, 6) is 3.07. The summed E-state index contributed by atoms with van der Waals surface area (Å²) in [4.78, 5) is 2.77. The molecule has 4 nitrogen and oxygen atoms in total. The minimum absolute atomic E-state index is 0.555. The lowest BCUT2D eigenvalue weighted by molar-refractivity contribution is -0.0965. The molecule has 4 rings (SSSR count). The van der Waals surface area contributed by atoms with Crippen LogP contribution in [0.1, 0.15) is 57.8 Å². The molecule has 20 heavy (non-hydrogen) atoms. The first-order valence-electron chi connectivity index (χ1n) is 8.38. The largest absolute Gasteiger partial charge is 0.381 e. The van der Waals surface area contributed by atoms with Crippen molar-refractivity contribution in [3.05, 3.63) is 10.4 Å². The van der Waals surface area contributed by atoms with Crippen LogP contribution in [0.3, 0.4) is 0 Å². The smallest absolute Gasteiger partial charge is 0.0522 e. The molecule has 0 aromatic rings. The number of unbranched alkanes of at least 4 members (excludes halogenated alkanes) is 2. The minimum Gasteiger partial charge on any atom is -0.381 e. The van der Waals surface area contributed by atoms with Crippen molar-refractivity contribution in [1.29, 1.82) is 0 Å². The molecule has 0 radical (unpaired) electrons. The number of nitrogens with zero attached hydrogens (tertiary/aromatic N) is 3. The van der Waals surface area contributed by atoms with E-state index in [2.05, 4.69) is 10.0 Å². The molecule has 4 aliphatic rings. The summed E-state index contributed by atoms with van der Waals surface area (Å²) in [5.41, 5.74) is 8.75. The van der Waals surface area contributed by atoms with E-state index in [9.17, 15) is 0 Å². The molecule has 4 saturated carbocycles. The highest BCUT2D eigenvalue weighted by molar-refractivity contribution is 5.01. The third-order valence-electron chi connectivity index (χ3n) is 5.68. The molecule has 0 saturated heterocycles. The zero-order valence-electron chi connectivity index (χ0n) is 12.5. The van der Waals surface area contributed by atoms with Crippen LogP contribution in [0.4, 0.5) is 0 Å². The standard InChI is InChI=1S/C16H27N3O/c17-19-18-4-2-1-3-5-20-12-16-9-13-6-14(10-16)8-15(7-13)11-16/h13-15H,1-12H2. The van der Waals surface area contributed by atoms with Crippen molar-refractivity contribution in [1.82, 2.24) is 0 Å². The van der Waals surface area contributed by atoms with Crippen LogP contribution in [0.2, 0.25) is 0 Å². The van der Waals surface area contributed by atoms with Crippen LogP contribution in [-0.2, 0) is 4.74 Å². The maximum absolute atomic E-state index is 8.19. The van der Waals surface area contributed by atoms with Crippen LogP contribution < -0.4 is 0 Å². The fraction of sp³-hybridized carbons (Fsp3) is 1.00. The Labute approximate surface area is 121 Å². The second kappa shape index (κ2) is 6.36. The fourth-order valence-corrected chi connectivity index (χ4v) is 5.36. The van der Waals surface area contributed by atoms with Gasteiger partial charge in [-0.05, 0) is 80.1 Å². The Morgan fingerprint density at radius 1 is 1.00 bits per heavy atom. The van der Waals surface area contributed by atoms with E-state index in [0.29, 0.717) is 12.0 Å². The Bertz CT molecular complexity index is 341. The van der Waals surface area contributed by atoms with E-state index in [0.717, 1.165) is 50.2 Å². The van der Waals surface area contributed by atoms with Crippen LogP contribution in [0.5, 0.6) is 0 Å². The van der Waals surface area contributed by atoms with Gasteiger partial charge in [0, 0.05) is 18.1 Å². The predicted octanol–water partition coefficient (Wildman–Crippen LogP) is 4.70. The van der Waals surface area contributed by atoms with Gasteiger partial charge < -0.3 is 4.74 Å². The van der Waals surface area contributed by atoms with E-state index in [1.54, 1.807) is 0 Å². The lowest BCUT2D eigenvalue weighted by Gasteiger charge is -2.56. The zero-order valence-corrected chi connectivity index (χ0v) is 12.5. The first-order chi connectivity index (χ1) is 9.80. The second-order valence-corrected chi connectivity index (χ2v) is 7.49. The highest BCUT2D eigenvalue weighted by Crippen LogP contribution is 2.59. The highest BCUT2D eigenvalue weighted by atomic mass is 16.5. The van der Waals surface area contributed by atoms with Crippen LogP contribution in [0.25, 0.3) is 10.4 Å².